The number of rotatable bonds is 10. The summed E-state index contributed by atoms with van der Waals surface area (Å²) in [6.07, 6.45) is 2.42. The molecule has 0 heterocycles. The zero-order chi connectivity index (χ0) is 19.0. The Balaban J connectivity index is 2.06. The van der Waals surface area contributed by atoms with Crippen molar-refractivity contribution in [2.75, 3.05) is 0 Å². The van der Waals surface area contributed by atoms with Crippen LogP contribution in [0.25, 0.3) is 0 Å². The van der Waals surface area contributed by atoms with Crippen LogP contribution < -0.4 is 0 Å². The molecule has 0 spiro atoms. The third-order valence-corrected chi connectivity index (χ3v) is 6.96. The molecule has 2 atom stereocenters. The summed E-state index contributed by atoms with van der Waals surface area (Å²) in [5.41, 5.74) is 1.16. The molecule has 0 saturated heterocycles. The first-order valence-electron chi connectivity index (χ1n) is 9.40. The van der Waals surface area contributed by atoms with E-state index in [1.165, 1.54) is 0 Å². The van der Waals surface area contributed by atoms with Crippen molar-refractivity contribution < 1.29 is 13.5 Å². The third kappa shape index (κ3) is 6.26. The number of aliphatic hydroxyl groups excluding tert-OH is 1. The molecular formula is C22H30O3S. The molecule has 142 valence electrons. The van der Waals surface area contributed by atoms with Crippen LogP contribution >= 0.6 is 0 Å². The van der Waals surface area contributed by atoms with Gasteiger partial charge in [-0.1, -0.05) is 62.4 Å². The summed E-state index contributed by atoms with van der Waals surface area (Å²) in [4.78, 5) is 0.351. The summed E-state index contributed by atoms with van der Waals surface area (Å²) in [6, 6.07) is 18.6. The van der Waals surface area contributed by atoms with Gasteiger partial charge in [0, 0.05) is 0 Å². The Morgan fingerprint density at radius 2 is 1.42 bits per heavy atom. The first kappa shape index (κ1) is 20.7. The average Bonchev–Trinajstić information content (AvgIpc) is 2.64. The number of hydrogen-bond acceptors (Lipinski definition) is 3. The number of aliphatic hydroxyl groups is 1. The van der Waals surface area contributed by atoms with Gasteiger partial charge in [-0.25, -0.2) is 8.42 Å². The van der Waals surface area contributed by atoms with Crippen LogP contribution in [0.3, 0.4) is 0 Å². The Kier molecular flexibility index (Phi) is 7.85. The van der Waals surface area contributed by atoms with Crippen molar-refractivity contribution in [2.24, 2.45) is 5.92 Å². The van der Waals surface area contributed by atoms with E-state index in [0.29, 0.717) is 23.7 Å². The number of hydrogen-bond donors (Lipinski definition) is 1. The minimum absolute atomic E-state index is 0.288. The van der Waals surface area contributed by atoms with Crippen molar-refractivity contribution >= 4 is 9.84 Å². The summed E-state index contributed by atoms with van der Waals surface area (Å²) in [7, 11) is -3.43. The molecule has 0 amide bonds. The van der Waals surface area contributed by atoms with Gasteiger partial charge in [0.15, 0.2) is 9.84 Å². The van der Waals surface area contributed by atoms with Gasteiger partial charge in [-0.05, 0) is 55.7 Å². The maximum atomic E-state index is 13.0. The average molecular weight is 375 g/mol. The summed E-state index contributed by atoms with van der Waals surface area (Å²) >= 11 is 0. The minimum Gasteiger partial charge on any atom is -0.393 e. The first-order valence-corrected chi connectivity index (χ1v) is 10.9. The molecule has 4 heteroatoms. The smallest absolute Gasteiger partial charge is 0.181 e. The number of aryl methyl sites for hydroxylation is 1. The Hall–Kier alpha value is -1.65. The van der Waals surface area contributed by atoms with Crippen molar-refractivity contribution in [1.82, 2.24) is 0 Å². The van der Waals surface area contributed by atoms with Gasteiger partial charge >= 0.3 is 0 Å². The molecule has 0 aliphatic rings. The zero-order valence-corrected chi connectivity index (χ0v) is 16.5. The van der Waals surface area contributed by atoms with Gasteiger partial charge in [-0.15, -0.1) is 0 Å². The Bertz CT molecular complexity index is 739. The lowest BCUT2D eigenvalue weighted by Gasteiger charge is -2.22. The Morgan fingerprint density at radius 1 is 0.846 bits per heavy atom. The van der Waals surface area contributed by atoms with E-state index in [-0.39, 0.29) is 6.42 Å². The van der Waals surface area contributed by atoms with Crippen LogP contribution in [-0.2, 0) is 16.3 Å². The van der Waals surface area contributed by atoms with Crippen molar-refractivity contribution in [3.8, 4) is 0 Å². The second-order valence-corrected chi connectivity index (χ2v) is 9.59. The lowest BCUT2D eigenvalue weighted by molar-refractivity contribution is 0.151. The molecule has 2 aromatic rings. The van der Waals surface area contributed by atoms with Crippen LogP contribution in [0.5, 0.6) is 0 Å². The van der Waals surface area contributed by atoms with E-state index >= 15 is 0 Å². The summed E-state index contributed by atoms with van der Waals surface area (Å²) in [5.74, 6) is 0.435. The molecule has 2 rings (SSSR count). The fourth-order valence-corrected chi connectivity index (χ4v) is 4.96. The highest BCUT2D eigenvalue weighted by Crippen LogP contribution is 2.25. The van der Waals surface area contributed by atoms with Crippen LogP contribution in [0.4, 0.5) is 0 Å². The highest BCUT2D eigenvalue weighted by Gasteiger charge is 2.29. The van der Waals surface area contributed by atoms with Crippen LogP contribution in [0.2, 0.25) is 0 Å². The van der Waals surface area contributed by atoms with E-state index in [2.05, 4.69) is 13.8 Å². The highest BCUT2D eigenvalue weighted by molar-refractivity contribution is 7.92. The van der Waals surface area contributed by atoms with E-state index in [4.69, 9.17) is 0 Å². The van der Waals surface area contributed by atoms with Gasteiger partial charge in [-0.2, -0.15) is 0 Å². The monoisotopic (exact) mass is 374 g/mol. The molecule has 3 nitrogen and oxygen atoms in total. The first-order chi connectivity index (χ1) is 12.4. The van der Waals surface area contributed by atoms with Gasteiger partial charge in [0.2, 0.25) is 0 Å². The molecule has 2 aromatic carbocycles. The van der Waals surface area contributed by atoms with Gasteiger partial charge in [-0.3, -0.25) is 0 Å². The minimum atomic E-state index is -3.43. The molecule has 26 heavy (non-hydrogen) atoms. The predicted octanol–water partition coefficient (Wildman–Crippen LogP) is 4.65. The maximum absolute atomic E-state index is 13.0. The predicted molar refractivity (Wildman–Crippen MR) is 107 cm³/mol. The van der Waals surface area contributed by atoms with Crippen LogP contribution in [0.1, 0.15) is 45.1 Å². The molecule has 0 aliphatic heterocycles. The summed E-state index contributed by atoms with van der Waals surface area (Å²) in [6.45, 7) is 4.19. The van der Waals surface area contributed by atoms with Crippen molar-refractivity contribution in [2.45, 2.75) is 62.2 Å². The van der Waals surface area contributed by atoms with Gasteiger partial charge in [0.05, 0.1) is 16.2 Å². The second-order valence-electron chi connectivity index (χ2n) is 7.37. The topological polar surface area (TPSA) is 54.4 Å². The standard InChI is InChI=1S/C22H30O3S/c1-18(2)13-16-22(26(24,25)21-11-7-4-8-12-21)17-20(23)15-14-19-9-5-3-6-10-19/h3-12,18,20,22-23H,13-17H2,1-2H3. The Labute approximate surface area is 158 Å². The molecule has 0 fully saturated rings. The molecular weight excluding hydrogens is 344 g/mol. The lowest BCUT2D eigenvalue weighted by Crippen LogP contribution is -2.27. The van der Waals surface area contributed by atoms with Crippen molar-refractivity contribution in [1.29, 1.82) is 0 Å². The van der Waals surface area contributed by atoms with E-state index in [0.717, 1.165) is 18.4 Å². The second kappa shape index (κ2) is 9.89. The van der Waals surface area contributed by atoms with Gasteiger partial charge in [0.1, 0.15) is 0 Å². The van der Waals surface area contributed by atoms with Crippen LogP contribution in [-0.4, -0.2) is 24.9 Å². The summed E-state index contributed by atoms with van der Waals surface area (Å²) < 4.78 is 26.1. The largest absolute Gasteiger partial charge is 0.393 e. The summed E-state index contributed by atoms with van der Waals surface area (Å²) in [5, 5.41) is 9.95. The fourth-order valence-electron chi connectivity index (χ4n) is 3.12. The molecule has 0 aliphatic carbocycles. The zero-order valence-electron chi connectivity index (χ0n) is 15.7. The maximum Gasteiger partial charge on any atom is 0.181 e. The van der Waals surface area contributed by atoms with Gasteiger partial charge in [0.25, 0.3) is 0 Å². The molecule has 2 unspecified atom stereocenters. The van der Waals surface area contributed by atoms with Crippen LogP contribution in [0.15, 0.2) is 65.6 Å². The van der Waals surface area contributed by atoms with Crippen LogP contribution in [0, 0.1) is 5.92 Å². The van der Waals surface area contributed by atoms with Gasteiger partial charge < -0.3 is 5.11 Å². The fraction of sp³-hybridized carbons (Fsp3) is 0.455. The molecule has 1 N–H and O–H groups in total. The molecule has 0 aromatic heterocycles. The van der Waals surface area contributed by atoms with E-state index in [1.54, 1.807) is 24.3 Å². The number of sulfone groups is 1. The highest BCUT2D eigenvalue weighted by atomic mass is 32.2. The van der Waals surface area contributed by atoms with E-state index < -0.39 is 21.2 Å². The molecule has 0 bridgehead atoms. The normalized spacial score (nSPS) is 14.3. The van der Waals surface area contributed by atoms with Crippen molar-refractivity contribution in [3.05, 3.63) is 66.2 Å². The SMILES string of the molecule is CC(C)CCC(CC(O)CCc1ccccc1)S(=O)(=O)c1ccccc1. The van der Waals surface area contributed by atoms with Crippen molar-refractivity contribution in [3.63, 3.8) is 0 Å². The quantitative estimate of drug-likeness (QED) is 0.659. The third-order valence-electron chi connectivity index (χ3n) is 4.72. The lowest BCUT2D eigenvalue weighted by atomic mass is 10.00. The van der Waals surface area contributed by atoms with E-state index in [1.807, 2.05) is 36.4 Å². The molecule has 0 radical (unpaired) electrons. The Morgan fingerprint density at radius 3 is 2.00 bits per heavy atom. The molecule has 0 saturated carbocycles. The number of benzene rings is 2. The van der Waals surface area contributed by atoms with E-state index in [9.17, 15) is 13.5 Å².